The Bertz CT molecular complexity index is 155. The van der Waals surface area contributed by atoms with Crippen molar-refractivity contribution in [2.45, 2.75) is 6.42 Å². The van der Waals surface area contributed by atoms with E-state index in [0.717, 1.165) is 0 Å². The van der Waals surface area contributed by atoms with Gasteiger partial charge in [-0.25, -0.2) is 0 Å². The third kappa shape index (κ3) is 9.45. The first kappa shape index (κ1) is 13.1. The maximum absolute atomic E-state index is 10.3. The molecule has 0 fully saturated rings. The molecule has 0 unspecified atom stereocenters. The summed E-state index contributed by atoms with van der Waals surface area (Å²) in [7, 11) is 0. The smallest absolute Gasteiger partial charge is 0.550 e. The van der Waals surface area contributed by atoms with E-state index in [2.05, 4.69) is 11.3 Å². The Morgan fingerprint density at radius 3 is 2.45 bits per heavy atom. The van der Waals surface area contributed by atoms with Crippen LogP contribution in [0.4, 0.5) is 0 Å². The zero-order valence-corrected chi connectivity index (χ0v) is 7.45. The Kier molecular flexibility index (Phi) is 8.97. The number of esters is 1. The van der Waals surface area contributed by atoms with E-state index >= 15 is 0 Å². The van der Waals surface area contributed by atoms with Gasteiger partial charge < -0.3 is 14.6 Å². The van der Waals surface area contributed by atoms with Crippen molar-refractivity contribution >= 4 is 35.0 Å². The van der Waals surface area contributed by atoms with E-state index < -0.39 is 18.4 Å². The minimum atomic E-state index is -1.44. The van der Waals surface area contributed by atoms with Crippen LogP contribution in [0.5, 0.6) is 0 Å². The summed E-state index contributed by atoms with van der Waals surface area (Å²) in [5.74, 6) is -2.24. The van der Waals surface area contributed by atoms with Crippen molar-refractivity contribution in [3.8, 4) is 0 Å². The fourth-order valence-electron chi connectivity index (χ4n) is 0.321. The summed E-state index contributed by atoms with van der Waals surface area (Å²) in [6.07, 6.45) is 0.654. The van der Waals surface area contributed by atoms with E-state index in [9.17, 15) is 14.7 Å². The average molecular weight is 167 g/mol. The molecule has 0 saturated carbocycles. The summed E-state index contributed by atoms with van der Waals surface area (Å²) in [5, 5.41) is 9.74. The number of aliphatic carboxylic acids is 1. The minimum absolute atomic E-state index is 0. The van der Waals surface area contributed by atoms with Crippen molar-refractivity contribution in [1.82, 2.24) is 0 Å². The molecular formula is C6H7MgO4. The molecule has 0 amide bonds. The average Bonchev–Trinajstić information content (AvgIpc) is 1.82. The molecule has 0 aromatic heterocycles. The largest absolute Gasteiger partial charge is 1.00 e. The SMILES string of the molecule is C=CCOC(=O)CC(=O)[O-].[Mg+]. The number of carboxylic acids is 1. The normalized spacial score (nSPS) is 7.64. The molecular weight excluding hydrogens is 160 g/mol. The first-order chi connectivity index (χ1) is 4.66. The number of hydrogen-bond donors (Lipinski definition) is 0. The molecule has 0 spiro atoms. The molecule has 0 atom stereocenters. The quantitative estimate of drug-likeness (QED) is 0.221. The van der Waals surface area contributed by atoms with Gasteiger partial charge in [-0.3, -0.25) is 4.79 Å². The Hall–Kier alpha value is -0.554. The predicted octanol–water partition coefficient (Wildman–Crippen LogP) is -1.53. The molecule has 0 bridgehead atoms. The molecule has 0 aliphatic carbocycles. The molecule has 57 valence electrons. The molecule has 0 saturated heterocycles. The fourth-order valence-corrected chi connectivity index (χ4v) is 0.321. The van der Waals surface area contributed by atoms with E-state index in [1.54, 1.807) is 0 Å². The van der Waals surface area contributed by atoms with Crippen LogP contribution in [0.2, 0.25) is 0 Å². The number of ether oxygens (including phenoxy) is 1. The van der Waals surface area contributed by atoms with E-state index in [1.807, 2.05) is 0 Å². The summed E-state index contributed by atoms with van der Waals surface area (Å²) >= 11 is 0. The first-order valence-electron chi connectivity index (χ1n) is 2.63. The van der Waals surface area contributed by atoms with Crippen molar-refractivity contribution in [1.29, 1.82) is 0 Å². The van der Waals surface area contributed by atoms with Gasteiger partial charge in [0.1, 0.15) is 6.61 Å². The monoisotopic (exact) mass is 167 g/mol. The van der Waals surface area contributed by atoms with Gasteiger partial charge in [0, 0.05) is 0 Å². The number of hydrogen-bond acceptors (Lipinski definition) is 4. The topological polar surface area (TPSA) is 66.4 Å². The van der Waals surface area contributed by atoms with Crippen molar-refractivity contribution in [3.63, 3.8) is 0 Å². The second-order valence-electron chi connectivity index (χ2n) is 1.52. The van der Waals surface area contributed by atoms with Crippen LogP contribution in [0, 0.1) is 0 Å². The van der Waals surface area contributed by atoms with Crippen LogP contribution in [0.25, 0.3) is 0 Å². The van der Waals surface area contributed by atoms with Crippen LogP contribution in [-0.4, -0.2) is 41.6 Å². The van der Waals surface area contributed by atoms with Crippen LogP contribution in [-0.2, 0) is 14.3 Å². The Morgan fingerprint density at radius 1 is 1.55 bits per heavy atom. The summed E-state index contributed by atoms with van der Waals surface area (Å²) in [5.41, 5.74) is 0. The van der Waals surface area contributed by atoms with Crippen molar-refractivity contribution in [3.05, 3.63) is 12.7 Å². The molecule has 4 nitrogen and oxygen atoms in total. The summed E-state index contributed by atoms with van der Waals surface area (Å²) in [4.78, 5) is 20.1. The molecule has 5 heteroatoms. The molecule has 0 heterocycles. The molecule has 1 radical (unpaired) electrons. The van der Waals surface area contributed by atoms with Gasteiger partial charge in [-0.15, -0.1) is 0 Å². The third-order valence-corrected chi connectivity index (χ3v) is 0.651. The van der Waals surface area contributed by atoms with Gasteiger partial charge in [0.2, 0.25) is 0 Å². The molecule has 0 aliphatic rings. The Morgan fingerprint density at radius 2 is 2.09 bits per heavy atom. The number of carbonyl (C=O) groups excluding carboxylic acids is 2. The van der Waals surface area contributed by atoms with Gasteiger partial charge in [-0.2, -0.15) is 0 Å². The molecule has 0 N–H and O–H groups in total. The molecule has 0 aromatic rings. The van der Waals surface area contributed by atoms with Crippen LogP contribution in [0.3, 0.4) is 0 Å². The Balaban J connectivity index is 0. The van der Waals surface area contributed by atoms with Gasteiger partial charge in [0.25, 0.3) is 0 Å². The predicted molar refractivity (Wildman–Crippen MR) is 36.5 cm³/mol. The van der Waals surface area contributed by atoms with Gasteiger partial charge in [0.15, 0.2) is 0 Å². The van der Waals surface area contributed by atoms with Crippen molar-refractivity contribution in [2.75, 3.05) is 6.61 Å². The van der Waals surface area contributed by atoms with Crippen molar-refractivity contribution < 1.29 is 19.4 Å². The standard InChI is InChI=1S/C6H8O4.Mg/c1-2-3-10-6(9)4-5(7)8;/h2H,1,3-4H2,(H,7,8);/q;+1/p-1. The molecule has 0 rings (SSSR count). The van der Waals surface area contributed by atoms with E-state index in [4.69, 9.17) is 0 Å². The van der Waals surface area contributed by atoms with Crippen LogP contribution >= 0.6 is 0 Å². The van der Waals surface area contributed by atoms with Crippen LogP contribution in [0.1, 0.15) is 6.42 Å². The Labute approximate surface area is 80.4 Å². The summed E-state index contributed by atoms with van der Waals surface area (Å²) in [6, 6.07) is 0. The number of carboxylic acid groups (broad SMARTS) is 1. The molecule has 0 aliphatic heterocycles. The molecule has 11 heavy (non-hydrogen) atoms. The fraction of sp³-hybridized carbons (Fsp3) is 0.333. The number of carbonyl (C=O) groups is 2. The van der Waals surface area contributed by atoms with Crippen LogP contribution in [0.15, 0.2) is 12.7 Å². The zero-order chi connectivity index (χ0) is 7.98. The zero-order valence-electron chi connectivity index (χ0n) is 6.04. The van der Waals surface area contributed by atoms with Gasteiger partial charge in [-0.05, 0) is 0 Å². The summed E-state index contributed by atoms with van der Waals surface area (Å²) < 4.78 is 4.32. The number of rotatable bonds is 4. The second-order valence-corrected chi connectivity index (χ2v) is 1.52. The second kappa shape index (κ2) is 7.55. The van der Waals surface area contributed by atoms with Gasteiger partial charge in [-0.1, -0.05) is 12.7 Å². The van der Waals surface area contributed by atoms with Crippen LogP contribution < -0.4 is 5.11 Å². The van der Waals surface area contributed by atoms with E-state index in [1.165, 1.54) is 6.08 Å². The van der Waals surface area contributed by atoms with Gasteiger partial charge >= 0.3 is 29.0 Å². The van der Waals surface area contributed by atoms with Gasteiger partial charge in [0.05, 0.1) is 12.4 Å². The first-order valence-corrected chi connectivity index (χ1v) is 2.63. The van der Waals surface area contributed by atoms with E-state index in [0.29, 0.717) is 0 Å². The van der Waals surface area contributed by atoms with Crippen molar-refractivity contribution in [2.24, 2.45) is 0 Å². The maximum atomic E-state index is 10.3. The third-order valence-electron chi connectivity index (χ3n) is 0.651. The summed E-state index contributed by atoms with van der Waals surface area (Å²) in [6.45, 7) is 3.31. The minimum Gasteiger partial charge on any atom is -0.550 e. The maximum Gasteiger partial charge on any atom is 1.00 e. The van der Waals surface area contributed by atoms with E-state index in [-0.39, 0.29) is 29.7 Å². The molecule has 0 aromatic carbocycles.